The Hall–Kier alpha value is -2.92. The Morgan fingerprint density at radius 3 is 2.39 bits per heavy atom. The maximum absolute atomic E-state index is 13.9. The molecule has 3 rings (SSSR count). The van der Waals surface area contributed by atoms with Crippen LogP contribution in [0.25, 0.3) is 6.08 Å². The van der Waals surface area contributed by atoms with Crippen LogP contribution in [0.5, 0.6) is 5.75 Å². The van der Waals surface area contributed by atoms with Gasteiger partial charge in [-0.2, -0.15) is 13.1 Å². The van der Waals surface area contributed by atoms with E-state index in [1.807, 2.05) is 0 Å². The lowest BCUT2D eigenvalue weighted by atomic mass is 10.2. The van der Waals surface area contributed by atoms with Crippen LogP contribution in [0.2, 0.25) is 0 Å². The summed E-state index contributed by atoms with van der Waals surface area (Å²) in [6.45, 7) is -3.18. The summed E-state index contributed by atoms with van der Waals surface area (Å²) in [5.41, 5.74) is 0.277. The number of carbonyl (C=O) groups excluding carboxylic acids is 1. The van der Waals surface area contributed by atoms with Gasteiger partial charge in [-0.05, 0) is 30.3 Å². The van der Waals surface area contributed by atoms with Gasteiger partial charge < -0.3 is 9.64 Å². The van der Waals surface area contributed by atoms with Gasteiger partial charge in [-0.3, -0.25) is 4.79 Å². The molecule has 0 saturated carbocycles. The lowest BCUT2D eigenvalue weighted by molar-refractivity contribution is -0.127. The van der Waals surface area contributed by atoms with E-state index in [1.54, 1.807) is 6.07 Å². The van der Waals surface area contributed by atoms with Crippen molar-refractivity contribution in [2.75, 3.05) is 26.2 Å². The normalized spacial score (nSPS) is 15.6. The first-order valence-electron chi connectivity index (χ1n) is 9.14. The molecule has 0 aromatic heterocycles. The van der Waals surface area contributed by atoms with Crippen LogP contribution in [0.15, 0.2) is 53.4 Å². The highest BCUT2D eigenvalue weighted by atomic mass is 32.2. The van der Waals surface area contributed by atoms with Crippen molar-refractivity contribution in [2.45, 2.75) is 11.5 Å². The molecular formula is C20H18F4N2O4S. The number of hydrogen-bond acceptors (Lipinski definition) is 4. The number of alkyl halides is 2. The van der Waals surface area contributed by atoms with E-state index in [2.05, 4.69) is 4.74 Å². The minimum atomic E-state index is -4.26. The smallest absolute Gasteiger partial charge is 0.387 e. The molecule has 11 heteroatoms. The minimum absolute atomic E-state index is 0.0223. The molecule has 6 nitrogen and oxygen atoms in total. The Morgan fingerprint density at radius 2 is 1.71 bits per heavy atom. The second-order valence-electron chi connectivity index (χ2n) is 6.55. The monoisotopic (exact) mass is 458 g/mol. The second-order valence-corrected chi connectivity index (χ2v) is 8.46. The third-order valence-electron chi connectivity index (χ3n) is 4.60. The molecular weight excluding hydrogens is 440 g/mol. The molecule has 0 N–H and O–H groups in total. The summed E-state index contributed by atoms with van der Waals surface area (Å²) in [5.74, 6) is -2.49. The molecule has 0 bridgehead atoms. The molecule has 1 heterocycles. The third-order valence-corrected chi connectivity index (χ3v) is 6.52. The fourth-order valence-electron chi connectivity index (χ4n) is 3.05. The highest BCUT2D eigenvalue weighted by Crippen LogP contribution is 2.23. The number of rotatable bonds is 6. The number of benzene rings is 2. The average Bonchev–Trinajstić information content (AvgIpc) is 2.74. The molecule has 0 spiro atoms. The van der Waals surface area contributed by atoms with E-state index in [1.165, 1.54) is 35.3 Å². The van der Waals surface area contributed by atoms with Crippen molar-refractivity contribution in [3.8, 4) is 5.75 Å². The summed E-state index contributed by atoms with van der Waals surface area (Å²) >= 11 is 0. The van der Waals surface area contributed by atoms with Gasteiger partial charge in [0.25, 0.3) is 0 Å². The zero-order chi connectivity index (χ0) is 22.6. The van der Waals surface area contributed by atoms with Crippen molar-refractivity contribution >= 4 is 22.0 Å². The number of ether oxygens (including phenoxy) is 1. The number of halogens is 4. The maximum atomic E-state index is 13.9. The molecule has 2 aromatic rings. The summed E-state index contributed by atoms with van der Waals surface area (Å²) < 4.78 is 82.8. The number of para-hydroxylation sites is 1. The van der Waals surface area contributed by atoms with Gasteiger partial charge in [-0.25, -0.2) is 17.2 Å². The molecule has 1 fully saturated rings. The molecule has 1 saturated heterocycles. The van der Waals surface area contributed by atoms with E-state index >= 15 is 0 Å². The first-order chi connectivity index (χ1) is 14.7. The van der Waals surface area contributed by atoms with Crippen LogP contribution in [-0.4, -0.2) is 56.3 Å². The minimum Gasteiger partial charge on any atom is -0.434 e. The predicted molar refractivity (Wildman–Crippen MR) is 104 cm³/mol. The highest BCUT2D eigenvalue weighted by molar-refractivity contribution is 7.89. The fourth-order valence-corrected chi connectivity index (χ4v) is 4.55. The molecule has 2 aromatic carbocycles. The molecule has 0 radical (unpaired) electrons. The van der Waals surface area contributed by atoms with E-state index in [-0.39, 0.29) is 37.5 Å². The van der Waals surface area contributed by atoms with E-state index in [9.17, 15) is 30.8 Å². The van der Waals surface area contributed by atoms with Crippen molar-refractivity contribution in [1.82, 2.24) is 9.21 Å². The average molecular weight is 458 g/mol. The number of carbonyl (C=O) groups is 1. The molecule has 1 aliphatic heterocycles. The Bertz CT molecular complexity index is 1080. The number of piperazine rings is 1. The van der Waals surface area contributed by atoms with Gasteiger partial charge in [0.2, 0.25) is 15.9 Å². The topological polar surface area (TPSA) is 66.9 Å². The van der Waals surface area contributed by atoms with E-state index in [0.29, 0.717) is 6.07 Å². The molecule has 1 aliphatic rings. The van der Waals surface area contributed by atoms with Crippen LogP contribution >= 0.6 is 0 Å². The first-order valence-corrected chi connectivity index (χ1v) is 10.6. The van der Waals surface area contributed by atoms with E-state index < -0.39 is 39.1 Å². The van der Waals surface area contributed by atoms with Crippen LogP contribution in [0, 0.1) is 11.6 Å². The van der Waals surface area contributed by atoms with Crippen molar-refractivity contribution in [2.24, 2.45) is 0 Å². The summed E-state index contributed by atoms with van der Waals surface area (Å²) in [4.78, 5) is 13.0. The van der Waals surface area contributed by atoms with Gasteiger partial charge >= 0.3 is 6.61 Å². The van der Waals surface area contributed by atoms with Crippen molar-refractivity contribution in [3.05, 3.63) is 65.7 Å². The van der Waals surface area contributed by atoms with Gasteiger partial charge in [-0.1, -0.05) is 18.2 Å². The van der Waals surface area contributed by atoms with Gasteiger partial charge in [0.1, 0.15) is 22.3 Å². The molecule has 0 aliphatic carbocycles. The quantitative estimate of drug-likeness (QED) is 0.493. The van der Waals surface area contributed by atoms with Crippen molar-refractivity contribution < 1.29 is 35.5 Å². The summed E-state index contributed by atoms with van der Waals surface area (Å²) in [5, 5.41) is 0. The first kappa shape index (κ1) is 22.8. The SMILES string of the molecule is O=C(/C=C/c1ccccc1OC(F)F)N1CCN(S(=O)(=O)c2cc(F)ccc2F)CC1. The fraction of sp³-hybridized carbons (Fsp3) is 0.250. The third kappa shape index (κ3) is 5.42. The van der Waals surface area contributed by atoms with Gasteiger partial charge in [0.05, 0.1) is 0 Å². The van der Waals surface area contributed by atoms with Gasteiger partial charge in [0.15, 0.2) is 0 Å². The second kappa shape index (κ2) is 9.48. The largest absolute Gasteiger partial charge is 0.434 e. The van der Waals surface area contributed by atoms with Gasteiger partial charge in [0, 0.05) is 37.8 Å². The molecule has 0 atom stereocenters. The maximum Gasteiger partial charge on any atom is 0.387 e. The number of nitrogens with zero attached hydrogens (tertiary/aromatic N) is 2. The van der Waals surface area contributed by atoms with Gasteiger partial charge in [-0.15, -0.1) is 0 Å². The number of amides is 1. The zero-order valence-electron chi connectivity index (χ0n) is 16.0. The lowest BCUT2D eigenvalue weighted by Crippen LogP contribution is -2.50. The van der Waals surface area contributed by atoms with Crippen molar-refractivity contribution in [3.63, 3.8) is 0 Å². The molecule has 0 unspecified atom stereocenters. The predicted octanol–water partition coefficient (Wildman–Crippen LogP) is 3.11. The summed E-state index contributed by atoms with van der Waals surface area (Å²) in [7, 11) is -4.26. The van der Waals surface area contributed by atoms with E-state index in [4.69, 9.17) is 0 Å². The number of hydrogen-bond donors (Lipinski definition) is 0. The van der Waals surface area contributed by atoms with Crippen LogP contribution in [0.1, 0.15) is 5.56 Å². The Labute approximate surface area is 176 Å². The van der Waals surface area contributed by atoms with Crippen LogP contribution in [-0.2, 0) is 14.8 Å². The van der Waals surface area contributed by atoms with Crippen LogP contribution in [0.4, 0.5) is 17.6 Å². The summed E-state index contributed by atoms with van der Waals surface area (Å²) in [6, 6.07) is 8.12. The van der Waals surface area contributed by atoms with Crippen LogP contribution in [0.3, 0.4) is 0 Å². The van der Waals surface area contributed by atoms with Crippen molar-refractivity contribution in [1.29, 1.82) is 0 Å². The van der Waals surface area contributed by atoms with Crippen LogP contribution < -0.4 is 4.74 Å². The van der Waals surface area contributed by atoms with E-state index in [0.717, 1.165) is 16.4 Å². The highest BCUT2D eigenvalue weighted by Gasteiger charge is 2.31. The molecule has 31 heavy (non-hydrogen) atoms. The standard InChI is InChI=1S/C20H18F4N2O4S/c21-15-6-7-16(22)18(13-15)31(28,29)26-11-9-25(10-12-26)19(27)8-5-14-3-1-2-4-17(14)30-20(23)24/h1-8,13,20H,9-12H2/b8-5+. The summed E-state index contributed by atoms with van der Waals surface area (Å²) in [6.07, 6.45) is 2.50. The Morgan fingerprint density at radius 1 is 1.03 bits per heavy atom. The Kier molecular flexibility index (Phi) is 6.96. The number of sulfonamides is 1. The molecule has 166 valence electrons. The molecule has 1 amide bonds. The Balaban J connectivity index is 1.65. The zero-order valence-corrected chi connectivity index (χ0v) is 16.9. The lowest BCUT2D eigenvalue weighted by Gasteiger charge is -2.33.